The molecule has 0 unspecified atom stereocenters. The second-order valence-electron chi connectivity index (χ2n) is 7.31. The van der Waals surface area contributed by atoms with E-state index in [-0.39, 0.29) is 17.4 Å². The SMILES string of the molecule is CC[C@@H](Oc1cc(C)ccc1C)C(=O)N1CCCC(C)(C)C1. The topological polar surface area (TPSA) is 29.5 Å². The number of hydrogen-bond acceptors (Lipinski definition) is 2. The molecule has 0 aromatic heterocycles. The highest BCUT2D eigenvalue weighted by molar-refractivity contribution is 5.81. The zero-order valence-corrected chi connectivity index (χ0v) is 14.6. The number of hydrogen-bond donors (Lipinski definition) is 0. The number of ether oxygens (including phenoxy) is 1. The van der Waals surface area contributed by atoms with Crippen LogP contribution in [-0.2, 0) is 4.79 Å². The Morgan fingerprint density at radius 1 is 1.36 bits per heavy atom. The van der Waals surface area contributed by atoms with Crippen molar-refractivity contribution in [3.63, 3.8) is 0 Å². The van der Waals surface area contributed by atoms with Crippen molar-refractivity contribution in [2.45, 2.75) is 60.0 Å². The normalized spacial score (nSPS) is 18.9. The van der Waals surface area contributed by atoms with Crippen molar-refractivity contribution < 1.29 is 9.53 Å². The van der Waals surface area contributed by atoms with Gasteiger partial charge in [-0.15, -0.1) is 0 Å². The summed E-state index contributed by atoms with van der Waals surface area (Å²) in [5.41, 5.74) is 2.45. The van der Waals surface area contributed by atoms with Crippen molar-refractivity contribution in [1.82, 2.24) is 4.90 Å². The molecule has 22 heavy (non-hydrogen) atoms. The maximum absolute atomic E-state index is 12.8. The Balaban J connectivity index is 2.10. The summed E-state index contributed by atoms with van der Waals surface area (Å²) in [7, 11) is 0. The Kier molecular flexibility index (Phi) is 5.15. The van der Waals surface area contributed by atoms with E-state index in [1.54, 1.807) is 0 Å². The van der Waals surface area contributed by atoms with Gasteiger partial charge in [0.05, 0.1) is 0 Å². The van der Waals surface area contributed by atoms with Gasteiger partial charge in [0.15, 0.2) is 6.10 Å². The molecule has 1 amide bonds. The number of amides is 1. The molecule has 1 aliphatic heterocycles. The summed E-state index contributed by atoms with van der Waals surface area (Å²) in [5.74, 6) is 0.965. The molecule has 1 saturated heterocycles. The third-order valence-electron chi connectivity index (χ3n) is 4.47. The third kappa shape index (κ3) is 4.02. The standard InChI is InChI=1S/C19H29NO2/c1-6-16(22-17-12-14(2)8-9-15(17)3)18(21)20-11-7-10-19(4,5)13-20/h8-9,12,16H,6-7,10-11,13H2,1-5H3/t16-/m1/s1. The van der Waals surface area contributed by atoms with Crippen LogP contribution in [0.2, 0.25) is 0 Å². The Morgan fingerprint density at radius 3 is 2.73 bits per heavy atom. The van der Waals surface area contributed by atoms with Gasteiger partial charge < -0.3 is 9.64 Å². The van der Waals surface area contributed by atoms with E-state index in [0.717, 1.165) is 36.4 Å². The second kappa shape index (κ2) is 6.72. The fourth-order valence-corrected chi connectivity index (χ4v) is 3.11. The highest BCUT2D eigenvalue weighted by atomic mass is 16.5. The van der Waals surface area contributed by atoms with Crippen LogP contribution in [0.15, 0.2) is 18.2 Å². The number of likely N-dealkylation sites (tertiary alicyclic amines) is 1. The van der Waals surface area contributed by atoms with Crippen molar-refractivity contribution in [3.05, 3.63) is 29.3 Å². The van der Waals surface area contributed by atoms with Gasteiger partial charge in [0.1, 0.15) is 5.75 Å². The first kappa shape index (κ1) is 16.9. The molecule has 0 bridgehead atoms. The Hall–Kier alpha value is -1.51. The summed E-state index contributed by atoms with van der Waals surface area (Å²) in [4.78, 5) is 14.8. The quantitative estimate of drug-likeness (QED) is 0.837. The van der Waals surface area contributed by atoms with Crippen LogP contribution in [0.25, 0.3) is 0 Å². The lowest BCUT2D eigenvalue weighted by Gasteiger charge is -2.39. The van der Waals surface area contributed by atoms with Crippen LogP contribution >= 0.6 is 0 Å². The number of carbonyl (C=O) groups excluding carboxylic acids is 1. The fourth-order valence-electron chi connectivity index (χ4n) is 3.11. The van der Waals surface area contributed by atoms with Gasteiger partial charge in [-0.25, -0.2) is 0 Å². The van der Waals surface area contributed by atoms with Gasteiger partial charge in [0.25, 0.3) is 5.91 Å². The van der Waals surface area contributed by atoms with Gasteiger partial charge in [-0.05, 0) is 55.7 Å². The lowest BCUT2D eigenvalue weighted by molar-refractivity contribution is -0.142. The fraction of sp³-hybridized carbons (Fsp3) is 0.632. The Labute approximate surface area is 134 Å². The van der Waals surface area contributed by atoms with Crippen LogP contribution in [0.3, 0.4) is 0 Å². The van der Waals surface area contributed by atoms with Crippen LogP contribution in [0, 0.1) is 19.3 Å². The van der Waals surface area contributed by atoms with Crippen LogP contribution in [0.1, 0.15) is 51.2 Å². The van der Waals surface area contributed by atoms with Gasteiger partial charge in [-0.2, -0.15) is 0 Å². The van der Waals surface area contributed by atoms with Crippen molar-refractivity contribution in [1.29, 1.82) is 0 Å². The van der Waals surface area contributed by atoms with Gasteiger partial charge in [-0.3, -0.25) is 4.79 Å². The lowest BCUT2D eigenvalue weighted by atomic mass is 9.84. The maximum Gasteiger partial charge on any atom is 0.263 e. The van der Waals surface area contributed by atoms with Crippen LogP contribution in [-0.4, -0.2) is 30.0 Å². The maximum atomic E-state index is 12.8. The molecule has 0 saturated carbocycles. The zero-order chi connectivity index (χ0) is 16.3. The molecule has 1 aromatic carbocycles. The molecule has 0 radical (unpaired) electrons. The summed E-state index contributed by atoms with van der Waals surface area (Å²) in [6.45, 7) is 12.2. The minimum Gasteiger partial charge on any atom is -0.480 e. The van der Waals surface area contributed by atoms with E-state index in [9.17, 15) is 4.79 Å². The molecule has 0 N–H and O–H groups in total. The van der Waals surface area contributed by atoms with Crippen LogP contribution in [0.4, 0.5) is 0 Å². The molecule has 2 rings (SSSR count). The summed E-state index contributed by atoms with van der Waals surface area (Å²) in [6.07, 6.45) is 2.59. The number of nitrogens with zero attached hydrogens (tertiary/aromatic N) is 1. The van der Waals surface area contributed by atoms with Gasteiger partial charge in [0, 0.05) is 13.1 Å². The molecule has 1 fully saturated rings. The van der Waals surface area contributed by atoms with E-state index < -0.39 is 0 Å². The summed E-state index contributed by atoms with van der Waals surface area (Å²) < 4.78 is 6.07. The molecule has 3 nitrogen and oxygen atoms in total. The molecule has 0 aliphatic carbocycles. The first-order chi connectivity index (χ1) is 10.3. The van der Waals surface area contributed by atoms with E-state index >= 15 is 0 Å². The monoisotopic (exact) mass is 303 g/mol. The van der Waals surface area contributed by atoms with E-state index in [4.69, 9.17) is 4.74 Å². The number of benzene rings is 1. The van der Waals surface area contributed by atoms with Gasteiger partial charge in [-0.1, -0.05) is 32.9 Å². The van der Waals surface area contributed by atoms with Crippen LogP contribution < -0.4 is 4.74 Å². The largest absolute Gasteiger partial charge is 0.480 e. The average Bonchev–Trinajstić information content (AvgIpc) is 2.46. The summed E-state index contributed by atoms with van der Waals surface area (Å²) in [5, 5.41) is 0. The number of piperidine rings is 1. The van der Waals surface area contributed by atoms with Gasteiger partial charge >= 0.3 is 0 Å². The minimum absolute atomic E-state index is 0.135. The zero-order valence-electron chi connectivity index (χ0n) is 14.6. The summed E-state index contributed by atoms with van der Waals surface area (Å²) in [6, 6.07) is 6.13. The minimum atomic E-state index is -0.380. The van der Waals surface area contributed by atoms with Crippen molar-refractivity contribution in [3.8, 4) is 5.75 Å². The van der Waals surface area contributed by atoms with E-state index in [1.807, 2.05) is 37.8 Å². The molecule has 122 valence electrons. The van der Waals surface area contributed by atoms with Crippen LogP contribution in [0.5, 0.6) is 5.75 Å². The van der Waals surface area contributed by atoms with Crippen molar-refractivity contribution in [2.24, 2.45) is 5.41 Å². The molecule has 1 heterocycles. The number of aryl methyl sites for hydroxylation is 2. The molecule has 1 aliphatic rings. The smallest absolute Gasteiger partial charge is 0.263 e. The molecule has 3 heteroatoms. The van der Waals surface area contributed by atoms with Crippen molar-refractivity contribution >= 4 is 5.91 Å². The highest BCUT2D eigenvalue weighted by Crippen LogP contribution is 2.29. The predicted octanol–water partition coefficient (Wildman–Crippen LogP) is 4.11. The van der Waals surface area contributed by atoms with E-state index in [1.165, 1.54) is 6.42 Å². The predicted molar refractivity (Wildman–Crippen MR) is 90.2 cm³/mol. The number of rotatable bonds is 4. The molecule has 1 aromatic rings. The molecular weight excluding hydrogens is 274 g/mol. The van der Waals surface area contributed by atoms with Crippen molar-refractivity contribution in [2.75, 3.05) is 13.1 Å². The molecule has 1 atom stereocenters. The summed E-state index contributed by atoms with van der Waals surface area (Å²) >= 11 is 0. The highest BCUT2D eigenvalue weighted by Gasteiger charge is 2.32. The van der Waals surface area contributed by atoms with Gasteiger partial charge in [0.2, 0.25) is 0 Å². The first-order valence-corrected chi connectivity index (χ1v) is 8.35. The number of carbonyl (C=O) groups is 1. The first-order valence-electron chi connectivity index (χ1n) is 8.35. The Morgan fingerprint density at radius 2 is 2.09 bits per heavy atom. The van der Waals surface area contributed by atoms with E-state index in [0.29, 0.717) is 6.42 Å². The third-order valence-corrected chi connectivity index (χ3v) is 4.47. The van der Waals surface area contributed by atoms with E-state index in [2.05, 4.69) is 19.9 Å². The Bertz CT molecular complexity index is 536. The lowest BCUT2D eigenvalue weighted by Crippen LogP contribution is -2.49. The second-order valence-corrected chi connectivity index (χ2v) is 7.31. The average molecular weight is 303 g/mol. The molecular formula is C19H29NO2. The molecule has 0 spiro atoms.